The summed E-state index contributed by atoms with van der Waals surface area (Å²) in [5.74, 6) is 0. The summed E-state index contributed by atoms with van der Waals surface area (Å²) in [4.78, 5) is 14.1. The first kappa shape index (κ1) is 17.8. The molecule has 2 rings (SSSR count). The maximum absolute atomic E-state index is 12.4. The Morgan fingerprint density at radius 2 is 2.04 bits per heavy atom. The Hall–Kier alpha value is -1.59. The van der Waals surface area contributed by atoms with Crippen LogP contribution in [0.25, 0.3) is 0 Å². The van der Waals surface area contributed by atoms with Crippen molar-refractivity contribution in [1.29, 1.82) is 0 Å². The lowest BCUT2D eigenvalue weighted by atomic mass is 9.97. The number of likely N-dealkylation sites (tertiary alicyclic amines) is 1. The Balaban J connectivity index is 1.98. The van der Waals surface area contributed by atoms with Crippen LogP contribution in [0.5, 0.6) is 0 Å². The zero-order valence-electron chi connectivity index (χ0n) is 14.3. The second-order valence-electron chi connectivity index (χ2n) is 7.21. The van der Waals surface area contributed by atoms with Crippen molar-refractivity contribution in [2.45, 2.75) is 51.3 Å². The average molecular weight is 320 g/mol. The molecule has 1 fully saturated rings. The van der Waals surface area contributed by atoms with Crippen molar-refractivity contribution in [3.63, 3.8) is 0 Å². The number of nitrogens with zero attached hydrogens (tertiary/aromatic N) is 1. The van der Waals surface area contributed by atoms with Crippen LogP contribution in [-0.4, -0.2) is 46.9 Å². The van der Waals surface area contributed by atoms with Crippen LogP contribution < -0.4 is 5.32 Å². The number of aliphatic hydroxyl groups is 1. The van der Waals surface area contributed by atoms with Gasteiger partial charge < -0.3 is 15.2 Å². The van der Waals surface area contributed by atoms with E-state index in [2.05, 4.69) is 17.4 Å². The molecular weight excluding hydrogens is 292 g/mol. The second kappa shape index (κ2) is 7.32. The second-order valence-corrected chi connectivity index (χ2v) is 7.21. The van der Waals surface area contributed by atoms with E-state index in [-0.39, 0.29) is 12.7 Å². The third kappa shape index (κ3) is 4.69. The largest absolute Gasteiger partial charge is 0.444 e. The Bertz CT molecular complexity index is 513. The van der Waals surface area contributed by atoms with Crippen LogP contribution in [-0.2, 0) is 11.3 Å². The van der Waals surface area contributed by atoms with Crippen molar-refractivity contribution in [1.82, 2.24) is 10.2 Å². The molecule has 1 saturated heterocycles. The number of rotatable bonds is 5. The first-order valence-electron chi connectivity index (χ1n) is 8.22. The highest BCUT2D eigenvalue weighted by Crippen LogP contribution is 2.30. The van der Waals surface area contributed by atoms with E-state index < -0.39 is 11.1 Å². The van der Waals surface area contributed by atoms with Crippen molar-refractivity contribution in [2.24, 2.45) is 0 Å². The molecule has 0 bridgehead atoms. The van der Waals surface area contributed by atoms with Gasteiger partial charge in [-0.1, -0.05) is 30.3 Å². The maximum Gasteiger partial charge on any atom is 0.410 e. The van der Waals surface area contributed by atoms with Crippen molar-refractivity contribution < 1.29 is 14.6 Å². The number of nitrogens with one attached hydrogen (secondary N) is 1. The minimum Gasteiger partial charge on any atom is -0.444 e. The highest BCUT2D eigenvalue weighted by Gasteiger charge is 2.44. The lowest BCUT2D eigenvalue weighted by molar-refractivity contribution is -0.00450. The van der Waals surface area contributed by atoms with Crippen molar-refractivity contribution in [3.05, 3.63) is 35.9 Å². The van der Waals surface area contributed by atoms with Gasteiger partial charge in [0.2, 0.25) is 0 Å². The molecule has 1 atom stereocenters. The zero-order chi connectivity index (χ0) is 16.9. The van der Waals surface area contributed by atoms with Crippen LogP contribution in [0.1, 0.15) is 39.2 Å². The van der Waals surface area contributed by atoms with E-state index in [0.29, 0.717) is 19.6 Å². The van der Waals surface area contributed by atoms with Crippen molar-refractivity contribution in [3.8, 4) is 0 Å². The maximum atomic E-state index is 12.4. The third-order valence-corrected chi connectivity index (χ3v) is 4.13. The molecule has 0 aromatic heterocycles. The molecule has 0 unspecified atom stereocenters. The molecule has 0 saturated carbocycles. The molecule has 1 heterocycles. The van der Waals surface area contributed by atoms with Gasteiger partial charge in [-0.25, -0.2) is 4.79 Å². The van der Waals surface area contributed by atoms with Crippen LogP contribution in [0, 0.1) is 0 Å². The predicted octanol–water partition coefficient (Wildman–Crippen LogP) is 2.54. The number of amides is 1. The van der Waals surface area contributed by atoms with Crippen molar-refractivity contribution >= 4 is 6.09 Å². The number of hydrogen-bond donors (Lipinski definition) is 2. The highest BCUT2D eigenvalue weighted by atomic mass is 16.6. The predicted molar refractivity (Wildman–Crippen MR) is 90.1 cm³/mol. The number of benzene rings is 1. The minimum atomic E-state index is -0.572. The van der Waals surface area contributed by atoms with E-state index in [0.717, 1.165) is 12.8 Å². The summed E-state index contributed by atoms with van der Waals surface area (Å²) in [6.07, 6.45) is 1.32. The van der Waals surface area contributed by atoms with Crippen molar-refractivity contribution in [2.75, 3.05) is 19.7 Å². The monoisotopic (exact) mass is 320 g/mol. The van der Waals surface area contributed by atoms with E-state index in [9.17, 15) is 9.90 Å². The topological polar surface area (TPSA) is 61.8 Å². The van der Waals surface area contributed by atoms with Gasteiger partial charge in [-0.15, -0.1) is 0 Å². The van der Waals surface area contributed by atoms with Crippen LogP contribution in [0.4, 0.5) is 4.79 Å². The van der Waals surface area contributed by atoms with Crippen LogP contribution >= 0.6 is 0 Å². The molecule has 5 nitrogen and oxygen atoms in total. The van der Waals surface area contributed by atoms with Crippen LogP contribution in [0.2, 0.25) is 0 Å². The normalized spacial score (nSPS) is 21.5. The average Bonchev–Trinajstić information content (AvgIpc) is 2.91. The standard InChI is InChI=1S/C18H28N2O3/c1-17(2,3)23-16(22)20-11-7-10-18(20,14-21)13-19-12-15-8-5-4-6-9-15/h4-6,8-9,19,21H,7,10-14H2,1-3H3/t18-/m0/s1. The third-order valence-electron chi connectivity index (χ3n) is 4.13. The van der Waals surface area contributed by atoms with Gasteiger partial charge in [0, 0.05) is 19.6 Å². The molecule has 0 spiro atoms. The molecule has 5 heteroatoms. The van der Waals surface area contributed by atoms with Gasteiger partial charge in [0.25, 0.3) is 0 Å². The highest BCUT2D eigenvalue weighted by molar-refractivity contribution is 5.69. The molecule has 1 amide bonds. The number of ether oxygens (including phenoxy) is 1. The quantitative estimate of drug-likeness (QED) is 0.875. The summed E-state index contributed by atoms with van der Waals surface area (Å²) < 4.78 is 5.49. The summed E-state index contributed by atoms with van der Waals surface area (Å²) >= 11 is 0. The summed E-state index contributed by atoms with van der Waals surface area (Å²) in [5, 5.41) is 13.3. The fourth-order valence-electron chi connectivity index (χ4n) is 2.98. The SMILES string of the molecule is CC(C)(C)OC(=O)N1CCC[C@@]1(CO)CNCc1ccccc1. The summed E-state index contributed by atoms with van der Waals surface area (Å²) in [5.41, 5.74) is 0.0810. The Labute approximate surface area is 138 Å². The Morgan fingerprint density at radius 1 is 1.35 bits per heavy atom. The van der Waals surface area contributed by atoms with E-state index in [1.54, 1.807) is 4.90 Å². The molecule has 0 aliphatic carbocycles. The van der Waals surface area contributed by atoms with Gasteiger partial charge in [-0.2, -0.15) is 0 Å². The van der Waals surface area contributed by atoms with E-state index in [1.165, 1.54) is 5.56 Å². The van der Waals surface area contributed by atoms with Gasteiger partial charge in [0.15, 0.2) is 0 Å². The Kier molecular flexibility index (Phi) is 5.65. The summed E-state index contributed by atoms with van der Waals surface area (Å²) in [6, 6.07) is 10.1. The lowest BCUT2D eigenvalue weighted by Gasteiger charge is -2.38. The number of hydrogen-bond acceptors (Lipinski definition) is 4. The first-order chi connectivity index (χ1) is 10.9. The molecule has 1 aromatic carbocycles. The van der Waals surface area contributed by atoms with Gasteiger partial charge in [-0.3, -0.25) is 4.90 Å². The molecule has 1 aromatic rings. The van der Waals surface area contributed by atoms with Crippen LogP contribution in [0.15, 0.2) is 30.3 Å². The van der Waals surface area contributed by atoms with Gasteiger partial charge in [0.1, 0.15) is 5.60 Å². The van der Waals surface area contributed by atoms with Gasteiger partial charge in [0.05, 0.1) is 12.1 Å². The lowest BCUT2D eigenvalue weighted by Crippen LogP contribution is -2.56. The molecular formula is C18H28N2O3. The minimum absolute atomic E-state index is 0.0615. The van der Waals surface area contributed by atoms with Crippen LogP contribution in [0.3, 0.4) is 0 Å². The van der Waals surface area contributed by atoms with E-state index in [4.69, 9.17) is 4.74 Å². The molecule has 2 N–H and O–H groups in total. The smallest absolute Gasteiger partial charge is 0.410 e. The summed E-state index contributed by atoms with van der Waals surface area (Å²) in [6.45, 7) is 7.40. The van der Waals surface area contributed by atoms with Gasteiger partial charge in [-0.05, 0) is 39.2 Å². The number of carbonyl (C=O) groups excluding carboxylic acids is 1. The first-order valence-corrected chi connectivity index (χ1v) is 8.22. The Morgan fingerprint density at radius 3 is 2.65 bits per heavy atom. The molecule has 1 aliphatic heterocycles. The molecule has 1 aliphatic rings. The number of carbonyl (C=O) groups is 1. The molecule has 128 valence electrons. The van der Waals surface area contributed by atoms with Gasteiger partial charge >= 0.3 is 6.09 Å². The zero-order valence-corrected chi connectivity index (χ0v) is 14.3. The van der Waals surface area contributed by atoms with E-state index >= 15 is 0 Å². The molecule has 0 radical (unpaired) electrons. The number of aliphatic hydroxyl groups excluding tert-OH is 1. The fourth-order valence-corrected chi connectivity index (χ4v) is 2.98. The fraction of sp³-hybridized carbons (Fsp3) is 0.611. The summed E-state index contributed by atoms with van der Waals surface area (Å²) in [7, 11) is 0. The molecule has 23 heavy (non-hydrogen) atoms. The van der Waals surface area contributed by atoms with E-state index in [1.807, 2.05) is 39.0 Å².